The number of carbonyl (C=O) groups excluding carboxylic acids is 1. The van der Waals surface area contributed by atoms with Crippen LogP contribution in [-0.4, -0.2) is 11.9 Å². The van der Waals surface area contributed by atoms with Crippen molar-refractivity contribution in [3.05, 3.63) is 6.92 Å². The topological polar surface area (TPSA) is 29.1 Å². The van der Waals surface area contributed by atoms with E-state index in [4.69, 9.17) is 0 Å². The van der Waals surface area contributed by atoms with E-state index in [-0.39, 0.29) is 5.91 Å². The summed E-state index contributed by atoms with van der Waals surface area (Å²) in [6, 6.07) is 0.422. The third-order valence-corrected chi connectivity index (χ3v) is 2.25. The van der Waals surface area contributed by atoms with E-state index in [1.54, 1.807) is 6.92 Å². The molecule has 0 aliphatic heterocycles. The standard InChI is InChI=1S/C9H16NO/c1-7-3-5-9(6-4-7)10-8(2)11/h7,9H,1,3-6H2,2H3,(H,10,11)/t7-,9-. The van der Waals surface area contributed by atoms with Crippen LogP contribution in [-0.2, 0) is 4.79 Å². The molecule has 1 saturated carbocycles. The van der Waals surface area contributed by atoms with Crippen molar-refractivity contribution in [2.24, 2.45) is 5.92 Å². The van der Waals surface area contributed by atoms with Crippen LogP contribution < -0.4 is 5.32 Å². The van der Waals surface area contributed by atoms with Gasteiger partial charge in [0.1, 0.15) is 0 Å². The molecule has 0 aromatic rings. The lowest BCUT2D eigenvalue weighted by Gasteiger charge is -2.26. The van der Waals surface area contributed by atoms with Crippen LogP contribution >= 0.6 is 0 Å². The fraction of sp³-hybridized carbons (Fsp3) is 0.778. The highest BCUT2D eigenvalue weighted by Crippen LogP contribution is 2.22. The summed E-state index contributed by atoms with van der Waals surface area (Å²) in [4.78, 5) is 10.7. The first-order valence-electron chi connectivity index (χ1n) is 4.28. The van der Waals surface area contributed by atoms with E-state index in [9.17, 15) is 4.79 Å². The third-order valence-electron chi connectivity index (χ3n) is 2.25. The molecule has 1 rings (SSSR count). The predicted molar refractivity (Wildman–Crippen MR) is 44.9 cm³/mol. The van der Waals surface area contributed by atoms with E-state index in [1.165, 1.54) is 0 Å². The molecule has 0 atom stereocenters. The maximum Gasteiger partial charge on any atom is 0.217 e. The second kappa shape index (κ2) is 3.74. The normalized spacial score (nSPS) is 31.5. The van der Waals surface area contributed by atoms with Crippen molar-refractivity contribution in [2.75, 3.05) is 0 Å². The smallest absolute Gasteiger partial charge is 0.217 e. The SMILES string of the molecule is [CH2][C@H]1CC[C@H](NC(C)=O)CC1. The Balaban J connectivity index is 2.22. The minimum Gasteiger partial charge on any atom is -0.354 e. The summed E-state index contributed by atoms with van der Waals surface area (Å²) in [6.45, 7) is 5.58. The Morgan fingerprint density at radius 2 is 1.91 bits per heavy atom. The number of amides is 1. The zero-order valence-electron chi connectivity index (χ0n) is 7.10. The van der Waals surface area contributed by atoms with Gasteiger partial charge in [-0.05, 0) is 31.6 Å². The lowest BCUT2D eigenvalue weighted by atomic mass is 9.87. The predicted octanol–water partition coefficient (Wildman–Crippen LogP) is 1.52. The molecule has 0 saturated heterocycles. The van der Waals surface area contributed by atoms with Crippen molar-refractivity contribution >= 4 is 5.91 Å². The van der Waals surface area contributed by atoms with Crippen LogP contribution in [0, 0.1) is 12.8 Å². The zero-order chi connectivity index (χ0) is 8.27. The van der Waals surface area contributed by atoms with Crippen LogP contribution in [0.25, 0.3) is 0 Å². The molecule has 1 fully saturated rings. The van der Waals surface area contributed by atoms with Gasteiger partial charge in [-0.1, -0.05) is 6.92 Å². The minimum absolute atomic E-state index is 0.0949. The first-order valence-corrected chi connectivity index (χ1v) is 4.28. The summed E-state index contributed by atoms with van der Waals surface area (Å²) in [6.07, 6.45) is 4.53. The van der Waals surface area contributed by atoms with Gasteiger partial charge in [0, 0.05) is 13.0 Å². The molecule has 1 amide bonds. The Labute approximate surface area is 68.4 Å². The van der Waals surface area contributed by atoms with Gasteiger partial charge in [0.25, 0.3) is 0 Å². The van der Waals surface area contributed by atoms with Crippen molar-refractivity contribution in [3.63, 3.8) is 0 Å². The second-order valence-corrected chi connectivity index (χ2v) is 3.42. The largest absolute Gasteiger partial charge is 0.354 e. The highest BCUT2D eigenvalue weighted by atomic mass is 16.1. The van der Waals surface area contributed by atoms with E-state index in [0.717, 1.165) is 25.7 Å². The van der Waals surface area contributed by atoms with Gasteiger partial charge in [0.05, 0.1) is 0 Å². The van der Waals surface area contributed by atoms with E-state index < -0.39 is 0 Å². The van der Waals surface area contributed by atoms with Crippen molar-refractivity contribution < 1.29 is 4.79 Å². The van der Waals surface area contributed by atoms with Gasteiger partial charge in [0.2, 0.25) is 5.91 Å². The molecule has 2 heteroatoms. The van der Waals surface area contributed by atoms with Crippen molar-refractivity contribution in [1.82, 2.24) is 5.32 Å². The molecule has 63 valence electrons. The fourth-order valence-corrected chi connectivity index (χ4v) is 1.59. The van der Waals surface area contributed by atoms with E-state index in [2.05, 4.69) is 12.2 Å². The van der Waals surface area contributed by atoms with Gasteiger partial charge in [-0.2, -0.15) is 0 Å². The van der Waals surface area contributed by atoms with Crippen LogP contribution in [0.5, 0.6) is 0 Å². The first-order chi connectivity index (χ1) is 5.18. The summed E-state index contributed by atoms with van der Waals surface area (Å²) < 4.78 is 0. The number of nitrogens with one attached hydrogen (secondary N) is 1. The van der Waals surface area contributed by atoms with Crippen molar-refractivity contribution in [3.8, 4) is 0 Å². The molecular formula is C9H16NO. The molecule has 2 nitrogen and oxygen atoms in total. The van der Waals surface area contributed by atoms with Crippen molar-refractivity contribution in [1.29, 1.82) is 0 Å². The van der Waals surface area contributed by atoms with Crippen LogP contribution in [0.15, 0.2) is 0 Å². The highest BCUT2D eigenvalue weighted by Gasteiger charge is 2.18. The molecule has 11 heavy (non-hydrogen) atoms. The van der Waals surface area contributed by atoms with Crippen LogP contribution in [0.2, 0.25) is 0 Å². The molecule has 1 aliphatic carbocycles. The number of rotatable bonds is 1. The summed E-state index contributed by atoms with van der Waals surface area (Å²) in [7, 11) is 0. The Morgan fingerprint density at radius 3 is 2.36 bits per heavy atom. The third kappa shape index (κ3) is 2.91. The Morgan fingerprint density at radius 1 is 1.36 bits per heavy atom. The van der Waals surface area contributed by atoms with Gasteiger partial charge in [-0.15, -0.1) is 0 Å². The minimum atomic E-state index is 0.0949. The van der Waals surface area contributed by atoms with E-state index in [0.29, 0.717) is 12.0 Å². The van der Waals surface area contributed by atoms with Crippen LogP contribution in [0.1, 0.15) is 32.6 Å². The Bertz CT molecular complexity index is 136. The lowest BCUT2D eigenvalue weighted by molar-refractivity contribution is -0.119. The Hall–Kier alpha value is -0.530. The summed E-state index contributed by atoms with van der Waals surface area (Å²) in [5.41, 5.74) is 0. The Kier molecular flexibility index (Phi) is 2.92. The van der Waals surface area contributed by atoms with Gasteiger partial charge < -0.3 is 5.32 Å². The summed E-state index contributed by atoms with van der Waals surface area (Å²) in [5.74, 6) is 0.706. The molecule has 1 radical (unpaired) electrons. The van der Waals surface area contributed by atoms with E-state index >= 15 is 0 Å². The quantitative estimate of drug-likeness (QED) is 0.609. The maximum absolute atomic E-state index is 10.7. The summed E-state index contributed by atoms with van der Waals surface area (Å²) in [5, 5.41) is 2.94. The molecule has 0 spiro atoms. The van der Waals surface area contributed by atoms with Gasteiger partial charge in [0.15, 0.2) is 0 Å². The van der Waals surface area contributed by atoms with Gasteiger partial charge in [-0.25, -0.2) is 0 Å². The molecule has 0 unspecified atom stereocenters. The van der Waals surface area contributed by atoms with Gasteiger partial charge in [-0.3, -0.25) is 4.79 Å². The molecule has 0 aromatic heterocycles. The average Bonchev–Trinajstić information content (AvgIpc) is 1.93. The van der Waals surface area contributed by atoms with Crippen molar-refractivity contribution in [2.45, 2.75) is 38.6 Å². The number of hydrogen-bond donors (Lipinski definition) is 1. The second-order valence-electron chi connectivity index (χ2n) is 3.42. The first kappa shape index (κ1) is 8.57. The molecule has 1 N–H and O–H groups in total. The zero-order valence-corrected chi connectivity index (χ0v) is 7.10. The molecule has 1 aliphatic rings. The number of hydrogen-bond acceptors (Lipinski definition) is 1. The maximum atomic E-state index is 10.7. The molecule has 0 heterocycles. The van der Waals surface area contributed by atoms with E-state index in [1.807, 2.05) is 0 Å². The fourth-order valence-electron chi connectivity index (χ4n) is 1.59. The molecular weight excluding hydrogens is 138 g/mol. The lowest BCUT2D eigenvalue weighted by Crippen LogP contribution is -2.35. The van der Waals surface area contributed by atoms with Crippen LogP contribution in [0.3, 0.4) is 0 Å². The van der Waals surface area contributed by atoms with Crippen LogP contribution in [0.4, 0.5) is 0 Å². The monoisotopic (exact) mass is 154 g/mol. The average molecular weight is 154 g/mol. The van der Waals surface area contributed by atoms with Gasteiger partial charge >= 0.3 is 0 Å². The molecule has 0 bridgehead atoms. The number of carbonyl (C=O) groups is 1. The molecule has 0 aromatic carbocycles. The summed E-state index contributed by atoms with van der Waals surface area (Å²) >= 11 is 0. The highest BCUT2D eigenvalue weighted by molar-refractivity contribution is 5.73.